The molecule has 3 aromatic rings. The Hall–Kier alpha value is -2.40. The Labute approximate surface area is 135 Å². The molecule has 0 radical (unpaired) electrons. The lowest BCUT2D eigenvalue weighted by Gasteiger charge is -2.26. The summed E-state index contributed by atoms with van der Waals surface area (Å²) < 4.78 is 7.57. The number of hydrogen-bond acceptors (Lipinski definition) is 4. The number of ether oxygens (including phenoxy) is 1. The maximum atomic E-state index is 5.28. The van der Waals surface area contributed by atoms with Gasteiger partial charge in [-0.05, 0) is 37.6 Å². The van der Waals surface area contributed by atoms with Gasteiger partial charge in [-0.2, -0.15) is 0 Å². The standard InChI is InChI=1S/C18H20N4O/c1-12-3-6-19-13(2)17(12)21-18-15-5-8-22(9-14-10-23-11-14)16(15)4-7-20-18/h3-8,14H,9-11H2,1-2H3,(H,20,21). The molecule has 23 heavy (non-hydrogen) atoms. The van der Waals surface area contributed by atoms with Gasteiger partial charge in [0.2, 0.25) is 0 Å². The number of hydrogen-bond donors (Lipinski definition) is 1. The summed E-state index contributed by atoms with van der Waals surface area (Å²) in [7, 11) is 0. The summed E-state index contributed by atoms with van der Waals surface area (Å²) in [5.74, 6) is 1.50. The number of pyridine rings is 2. The normalized spacial score (nSPS) is 14.9. The van der Waals surface area contributed by atoms with Crippen molar-refractivity contribution in [1.82, 2.24) is 14.5 Å². The van der Waals surface area contributed by atoms with Crippen LogP contribution in [0.3, 0.4) is 0 Å². The number of aryl methyl sites for hydroxylation is 2. The molecular formula is C18H20N4O. The molecule has 0 amide bonds. The first-order chi connectivity index (χ1) is 11.2. The predicted octanol–water partition coefficient (Wildman–Crippen LogP) is 3.44. The molecule has 1 N–H and O–H groups in total. The Morgan fingerprint density at radius 2 is 2.00 bits per heavy atom. The van der Waals surface area contributed by atoms with Crippen molar-refractivity contribution in [2.24, 2.45) is 5.92 Å². The van der Waals surface area contributed by atoms with Crippen LogP contribution in [-0.4, -0.2) is 27.7 Å². The van der Waals surface area contributed by atoms with Gasteiger partial charge in [-0.15, -0.1) is 0 Å². The fraction of sp³-hybridized carbons (Fsp3) is 0.333. The zero-order chi connectivity index (χ0) is 15.8. The van der Waals surface area contributed by atoms with E-state index in [1.165, 1.54) is 11.1 Å². The van der Waals surface area contributed by atoms with Gasteiger partial charge in [-0.25, -0.2) is 4.98 Å². The number of nitrogens with zero attached hydrogens (tertiary/aromatic N) is 3. The molecule has 5 heteroatoms. The third-order valence-corrected chi connectivity index (χ3v) is 4.45. The molecule has 1 saturated heterocycles. The summed E-state index contributed by atoms with van der Waals surface area (Å²) >= 11 is 0. The predicted molar refractivity (Wildman–Crippen MR) is 91.0 cm³/mol. The van der Waals surface area contributed by atoms with E-state index in [-0.39, 0.29) is 0 Å². The molecule has 0 saturated carbocycles. The van der Waals surface area contributed by atoms with Crippen LogP contribution in [0.15, 0.2) is 36.8 Å². The Bertz CT molecular complexity index is 831. The minimum Gasteiger partial charge on any atom is -0.381 e. The van der Waals surface area contributed by atoms with Crippen LogP contribution in [0.2, 0.25) is 0 Å². The summed E-state index contributed by atoms with van der Waals surface area (Å²) in [4.78, 5) is 8.90. The molecule has 4 heterocycles. The molecular weight excluding hydrogens is 288 g/mol. The molecule has 4 rings (SSSR count). The van der Waals surface area contributed by atoms with E-state index in [1.54, 1.807) is 0 Å². The smallest absolute Gasteiger partial charge is 0.139 e. The van der Waals surface area contributed by atoms with Crippen LogP contribution in [0.5, 0.6) is 0 Å². The monoisotopic (exact) mass is 308 g/mol. The topological polar surface area (TPSA) is 52.0 Å². The van der Waals surface area contributed by atoms with Gasteiger partial charge in [0.25, 0.3) is 0 Å². The van der Waals surface area contributed by atoms with E-state index in [9.17, 15) is 0 Å². The highest BCUT2D eigenvalue weighted by molar-refractivity contribution is 5.92. The third-order valence-electron chi connectivity index (χ3n) is 4.45. The second-order valence-corrected chi connectivity index (χ2v) is 6.18. The highest BCUT2D eigenvalue weighted by Gasteiger charge is 2.20. The van der Waals surface area contributed by atoms with E-state index in [2.05, 4.69) is 45.1 Å². The lowest BCUT2D eigenvalue weighted by molar-refractivity contribution is -0.0388. The minimum atomic E-state index is 0.623. The van der Waals surface area contributed by atoms with Crippen LogP contribution >= 0.6 is 0 Å². The maximum absolute atomic E-state index is 5.28. The van der Waals surface area contributed by atoms with Gasteiger partial charge in [0.1, 0.15) is 5.82 Å². The minimum absolute atomic E-state index is 0.623. The SMILES string of the molecule is Cc1ccnc(C)c1Nc1nccc2c1ccn2CC1COC1. The van der Waals surface area contributed by atoms with E-state index in [0.717, 1.165) is 42.3 Å². The summed E-state index contributed by atoms with van der Waals surface area (Å²) in [5, 5.41) is 4.60. The number of anilines is 2. The second kappa shape index (κ2) is 5.66. The Kier molecular flexibility index (Phi) is 3.50. The molecule has 0 spiro atoms. The van der Waals surface area contributed by atoms with Crippen LogP contribution in [0.4, 0.5) is 11.5 Å². The fourth-order valence-corrected chi connectivity index (χ4v) is 3.05. The third kappa shape index (κ3) is 2.57. The van der Waals surface area contributed by atoms with Crippen molar-refractivity contribution in [2.75, 3.05) is 18.5 Å². The van der Waals surface area contributed by atoms with Crippen molar-refractivity contribution in [2.45, 2.75) is 20.4 Å². The lowest BCUT2D eigenvalue weighted by atomic mass is 10.1. The van der Waals surface area contributed by atoms with Gasteiger partial charge in [0.05, 0.1) is 30.1 Å². The number of fused-ring (bicyclic) bond motifs is 1. The largest absolute Gasteiger partial charge is 0.381 e. The zero-order valence-corrected chi connectivity index (χ0v) is 13.4. The molecule has 0 aromatic carbocycles. The van der Waals surface area contributed by atoms with Crippen molar-refractivity contribution in [3.8, 4) is 0 Å². The fourth-order valence-electron chi connectivity index (χ4n) is 3.05. The lowest BCUT2D eigenvalue weighted by Crippen LogP contribution is -2.31. The molecule has 0 unspecified atom stereocenters. The van der Waals surface area contributed by atoms with Gasteiger partial charge in [0.15, 0.2) is 0 Å². The molecule has 5 nitrogen and oxygen atoms in total. The molecule has 3 aromatic heterocycles. The zero-order valence-electron chi connectivity index (χ0n) is 13.4. The molecule has 1 aliphatic heterocycles. The first-order valence-electron chi connectivity index (χ1n) is 7.93. The summed E-state index contributed by atoms with van der Waals surface area (Å²) in [6.07, 6.45) is 5.83. The molecule has 118 valence electrons. The van der Waals surface area contributed by atoms with E-state index in [1.807, 2.05) is 25.4 Å². The first-order valence-corrected chi connectivity index (χ1v) is 7.93. The number of nitrogens with one attached hydrogen (secondary N) is 1. The summed E-state index contributed by atoms with van der Waals surface area (Å²) in [6, 6.07) is 6.21. The van der Waals surface area contributed by atoms with Crippen molar-refractivity contribution < 1.29 is 4.74 Å². The average molecular weight is 308 g/mol. The summed E-state index contributed by atoms with van der Waals surface area (Å²) in [6.45, 7) is 6.82. The van der Waals surface area contributed by atoms with Crippen LogP contribution in [0.25, 0.3) is 10.9 Å². The van der Waals surface area contributed by atoms with Gasteiger partial charge in [-0.1, -0.05) is 0 Å². The maximum Gasteiger partial charge on any atom is 0.139 e. The Morgan fingerprint density at radius 3 is 2.74 bits per heavy atom. The van der Waals surface area contributed by atoms with Gasteiger partial charge in [0, 0.05) is 36.4 Å². The van der Waals surface area contributed by atoms with Crippen LogP contribution < -0.4 is 5.32 Å². The van der Waals surface area contributed by atoms with E-state index < -0.39 is 0 Å². The van der Waals surface area contributed by atoms with Gasteiger partial charge >= 0.3 is 0 Å². The Morgan fingerprint density at radius 1 is 1.17 bits per heavy atom. The van der Waals surface area contributed by atoms with Crippen LogP contribution in [0.1, 0.15) is 11.3 Å². The quantitative estimate of drug-likeness (QED) is 0.802. The highest BCUT2D eigenvalue weighted by Crippen LogP contribution is 2.28. The van der Waals surface area contributed by atoms with Crippen molar-refractivity contribution in [3.63, 3.8) is 0 Å². The van der Waals surface area contributed by atoms with Crippen LogP contribution in [0, 0.1) is 19.8 Å². The number of rotatable bonds is 4. The first kappa shape index (κ1) is 14.2. The highest BCUT2D eigenvalue weighted by atomic mass is 16.5. The van der Waals surface area contributed by atoms with E-state index in [0.29, 0.717) is 5.92 Å². The van der Waals surface area contributed by atoms with Gasteiger partial charge in [-0.3, -0.25) is 4.98 Å². The molecule has 0 aliphatic carbocycles. The summed E-state index contributed by atoms with van der Waals surface area (Å²) in [5.41, 5.74) is 4.39. The van der Waals surface area contributed by atoms with Crippen LogP contribution in [-0.2, 0) is 11.3 Å². The van der Waals surface area contributed by atoms with E-state index in [4.69, 9.17) is 4.74 Å². The number of aromatic nitrogens is 3. The van der Waals surface area contributed by atoms with Gasteiger partial charge < -0.3 is 14.6 Å². The average Bonchev–Trinajstić information content (AvgIpc) is 2.91. The van der Waals surface area contributed by atoms with Crippen molar-refractivity contribution >= 4 is 22.4 Å². The molecule has 0 atom stereocenters. The van der Waals surface area contributed by atoms with Crippen molar-refractivity contribution in [3.05, 3.63) is 48.0 Å². The Balaban J connectivity index is 1.70. The van der Waals surface area contributed by atoms with E-state index >= 15 is 0 Å². The molecule has 1 aliphatic rings. The molecule has 0 bridgehead atoms. The molecule has 1 fully saturated rings. The van der Waals surface area contributed by atoms with Crippen molar-refractivity contribution in [1.29, 1.82) is 0 Å². The second-order valence-electron chi connectivity index (χ2n) is 6.18.